The fourth-order valence-electron chi connectivity index (χ4n) is 3.06. The van der Waals surface area contributed by atoms with E-state index in [0.717, 1.165) is 5.69 Å². The lowest BCUT2D eigenvalue weighted by Crippen LogP contribution is -2.16. The van der Waals surface area contributed by atoms with Crippen molar-refractivity contribution in [3.05, 3.63) is 71.8 Å². The van der Waals surface area contributed by atoms with Crippen LogP contribution in [0.4, 0.5) is 11.4 Å². The number of aryl methyl sites for hydroxylation is 1. The van der Waals surface area contributed by atoms with Crippen LogP contribution in [0.5, 0.6) is 11.5 Å². The molecule has 4 aromatic rings. The average molecular weight is 432 g/mol. The molecule has 2 aromatic carbocycles. The van der Waals surface area contributed by atoms with Gasteiger partial charge in [-0.1, -0.05) is 18.2 Å². The summed E-state index contributed by atoms with van der Waals surface area (Å²) in [7, 11) is 2.92. The molecule has 0 aliphatic heterocycles. The van der Waals surface area contributed by atoms with Gasteiger partial charge in [0.15, 0.2) is 0 Å². The first-order valence-electron chi connectivity index (χ1n) is 9.62. The normalized spacial score (nSPS) is 10.6. The molecule has 0 fully saturated rings. The maximum atomic E-state index is 12.8. The summed E-state index contributed by atoms with van der Waals surface area (Å²) in [6.07, 6.45) is 1.59. The third-order valence-electron chi connectivity index (χ3n) is 4.69. The van der Waals surface area contributed by atoms with Gasteiger partial charge >= 0.3 is 0 Å². The zero-order valence-corrected chi connectivity index (χ0v) is 17.6. The second-order valence-corrected chi connectivity index (χ2v) is 6.76. The van der Waals surface area contributed by atoms with Crippen molar-refractivity contribution in [1.29, 1.82) is 0 Å². The molecule has 0 bridgehead atoms. The van der Waals surface area contributed by atoms with Gasteiger partial charge in [0.2, 0.25) is 5.82 Å². The number of nitrogens with one attached hydrogen (secondary N) is 2. The molecule has 0 atom stereocenters. The topological polar surface area (TPSA) is 120 Å². The Morgan fingerprint density at radius 1 is 0.906 bits per heavy atom. The summed E-state index contributed by atoms with van der Waals surface area (Å²) in [6, 6.07) is 13.7. The predicted molar refractivity (Wildman–Crippen MR) is 117 cm³/mol. The number of rotatable bonds is 6. The monoisotopic (exact) mass is 432 g/mol. The van der Waals surface area contributed by atoms with E-state index in [1.807, 2.05) is 13.0 Å². The highest BCUT2D eigenvalue weighted by Crippen LogP contribution is 2.36. The first kappa shape index (κ1) is 20.8. The zero-order valence-electron chi connectivity index (χ0n) is 17.6. The molecule has 0 aliphatic carbocycles. The van der Waals surface area contributed by atoms with Gasteiger partial charge in [-0.05, 0) is 25.1 Å². The highest BCUT2D eigenvalue weighted by Gasteiger charge is 2.19. The fourth-order valence-corrected chi connectivity index (χ4v) is 3.06. The Balaban J connectivity index is 1.61. The zero-order chi connectivity index (χ0) is 22.7. The van der Waals surface area contributed by atoms with E-state index in [2.05, 4.69) is 25.7 Å². The lowest BCUT2D eigenvalue weighted by Gasteiger charge is -2.16. The second kappa shape index (κ2) is 8.72. The number of ether oxygens (including phenoxy) is 2. The summed E-state index contributed by atoms with van der Waals surface area (Å²) in [5, 5.41) is 9.72. The van der Waals surface area contributed by atoms with Crippen LogP contribution in [0.25, 0.3) is 5.78 Å². The van der Waals surface area contributed by atoms with Crippen molar-refractivity contribution in [2.75, 3.05) is 24.9 Å². The quantitative estimate of drug-likeness (QED) is 0.481. The Hall–Kier alpha value is -4.47. The number of hydrogen-bond acceptors (Lipinski definition) is 7. The third kappa shape index (κ3) is 4.06. The maximum Gasteiger partial charge on any atom is 0.295 e. The van der Waals surface area contributed by atoms with Gasteiger partial charge in [0.05, 0.1) is 25.6 Å². The highest BCUT2D eigenvalue weighted by atomic mass is 16.5. The minimum Gasteiger partial charge on any atom is -0.494 e. The Morgan fingerprint density at radius 3 is 2.12 bits per heavy atom. The first-order valence-corrected chi connectivity index (χ1v) is 9.62. The molecule has 2 heterocycles. The van der Waals surface area contributed by atoms with E-state index < -0.39 is 5.91 Å². The highest BCUT2D eigenvalue weighted by molar-refractivity contribution is 6.06. The van der Waals surface area contributed by atoms with Crippen LogP contribution in [-0.2, 0) is 0 Å². The number of carbonyl (C=O) groups excluding carboxylic acids is 2. The fraction of sp³-hybridized carbons (Fsp3) is 0.136. The van der Waals surface area contributed by atoms with E-state index in [1.165, 1.54) is 18.7 Å². The molecular formula is C22H20N6O4. The predicted octanol–water partition coefficient (Wildman–Crippen LogP) is 2.95. The Morgan fingerprint density at radius 2 is 1.53 bits per heavy atom. The van der Waals surface area contributed by atoms with Gasteiger partial charge in [0.25, 0.3) is 17.6 Å². The molecule has 10 nitrogen and oxygen atoms in total. The Labute approximate surface area is 183 Å². The van der Waals surface area contributed by atoms with Crippen LogP contribution in [0.2, 0.25) is 0 Å². The molecular weight excluding hydrogens is 412 g/mol. The Bertz CT molecular complexity index is 1300. The van der Waals surface area contributed by atoms with E-state index in [9.17, 15) is 9.59 Å². The molecule has 10 heteroatoms. The number of fused-ring (bicyclic) bond motifs is 1. The molecule has 162 valence electrons. The summed E-state index contributed by atoms with van der Waals surface area (Å²) in [5.41, 5.74) is 2.00. The van der Waals surface area contributed by atoms with E-state index in [-0.39, 0.29) is 11.7 Å². The summed E-state index contributed by atoms with van der Waals surface area (Å²) < 4.78 is 12.3. The maximum absolute atomic E-state index is 12.8. The molecule has 0 radical (unpaired) electrons. The largest absolute Gasteiger partial charge is 0.494 e. The Kier molecular flexibility index (Phi) is 5.67. The van der Waals surface area contributed by atoms with Crippen LogP contribution >= 0.6 is 0 Å². The molecule has 2 aromatic heterocycles. The van der Waals surface area contributed by atoms with Gasteiger partial charge < -0.3 is 20.1 Å². The van der Waals surface area contributed by atoms with E-state index in [1.54, 1.807) is 48.7 Å². The van der Waals surface area contributed by atoms with Gasteiger partial charge in [-0.3, -0.25) is 9.59 Å². The first-order chi connectivity index (χ1) is 15.5. The lowest BCUT2D eigenvalue weighted by molar-refractivity contribution is 0.101. The van der Waals surface area contributed by atoms with Crippen molar-refractivity contribution in [3.63, 3.8) is 0 Å². The molecule has 4 rings (SSSR count). The van der Waals surface area contributed by atoms with Crippen molar-refractivity contribution in [2.45, 2.75) is 6.92 Å². The number of benzene rings is 2. The minimum atomic E-state index is -0.545. The number of aromatic nitrogens is 4. The molecule has 2 amide bonds. The average Bonchev–Trinajstić information content (AvgIpc) is 3.26. The molecule has 2 N–H and O–H groups in total. The van der Waals surface area contributed by atoms with E-state index >= 15 is 0 Å². The second-order valence-electron chi connectivity index (χ2n) is 6.76. The number of hydrogen-bond donors (Lipinski definition) is 2. The molecule has 0 unspecified atom stereocenters. The smallest absolute Gasteiger partial charge is 0.295 e. The van der Waals surface area contributed by atoms with Crippen molar-refractivity contribution in [1.82, 2.24) is 19.6 Å². The van der Waals surface area contributed by atoms with Crippen molar-refractivity contribution in [2.24, 2.45) is 0 Å². The summed E-state index contributed by atoms with van der Waals surface area (Å²) in [6.45, 7) is 1.83. The van der Waals surface area contributed by atoms with Crippen LogP contribution in [0.15, 0.2) is 54.7 Å². The molecule has 0 spiro atoms. The number of carbonyl (C=O) groups is 2. The number of amides is 2. The summed E-state index contributed by atoms with van der Waals surface area (Å²) in [5.74, 6) is 0.0789. The van der Waals surface area contributed by atoms with Gasteiger partial charge in [0, 0.05) is 29.6 Å². The number of methoxy groups -OCH3 is 2. The summed E-state index contributed by atoms with van der Waals surface area (Å²) >= 11 is 0. The van der Waals surface area contributed by atoms with Gasteiger partial charge in [-0.2, -0.15) is 4.98 Å². The van der Waals surface area contributed by atoms with Crippen LogP contribution in [0, 0.1) is 6.92 Å². The SMILES string of the molecule is COc1cc(NC(=O)c2nc3nccc(C)n3n2)c(OC)cc1NC(=O)c1ccccc1. The third-order valence-corrected chi connectivity index (χ3v) is 4.69. The number of nitrogens with zero attached hydrogens (tertiary/aromatic N) is 4. The minimum absolute atomic E-state index is 0.0470. The van der Waals surface area contributed by atoms with Crippen LogP contribution in [-0.4, -0.2) is 45.6 Å². The van der Waals surface area contributed by atoms with Crippen molar-refractivity contribution < 1.29 is 19.1 Å². The lowest BCUT2D eigenvalue weighted by atomic mass is 10.2. The van der Waals surface area contributed by atoms with Gasteiger partial charge in [-0.25, -0.2) is 9.50 Å². The standard InChI is InChI=1S/C22H20N6O4/c1-13-9-10-23-22-26-19(27-28(13)22)21(30)25-16-12-17(31-2)15(11-18(16)32-3)24-20(29)14-7-5-4-6-8-14/h4-12H,1-3H3,(H,24,29)(H,25,30). The van der Waals surface area contributed by atoms with Crippen molar-refractivity contribution >= 4 is 29.0 Å². The summed E-state index contributed by atoms with van der Waals surface area (Å²) in [4.78, 5) is 33.6. The van der Waals surface area contributed by atoms with Crippen LogP contribution in [0.3, 0.4) is 0 Å². The van der Waals surface area contributed by atoms with Gasteiger partial charge in [-0.15, -0.1) is 5.10 Å². The van der Waals surface area contributed by atoms with Crippen molar-refractivity contribution in [3.8, 4) is 11.5 Å². The van der Waals surface area contributed by atoms with E-state index in [0.29, 0.717) is 34.2 Å². The molecule has 32 heavy (non-hydrogen) atoms. The molecule has 0 aliphatic rings. The number of anilines is 2. The van der Waals surface area contributed by atoms with Crippen LogP contribution in [0.1, 0.15) is 26.7 Å². The van der Waals surface area contributed by atoms with E-state index in [4.69, 9.17) is 9.47 Å². The van der Waals surface area contributed by atoms with Crippen LogP contribution < -0.4 is 20.1 Å². The molecule has 0 saturated carbocycles. The van der Waals surface area contributed by atoms with Gasteiger partial charge in [0.1, 0.15) is 11.5 Å². The molecule has 0 saturated heterocycles.